The Morgan fingerprint density at radius 1 is 1.27 bits per heavy atom. The Bertz CT molecular complexity index is 706. The minimum absolute atomic E-state index is 0.0988. The summed E-state index contributed by atoms with van der Waals surface area (Å²) < 4.78 is 5.24. The van der Waals surface area contributed by atoms with E-state index in [1.165, 1.54) is 11.8 Å². The minimum atomic E-state index is -0.0988. The first kappa shape index (κ1) is 15.9. The van der Waals surface area contributed by atoms with Gasteiger partial charge in [-0.1, -0.05) is 6.07 Å². The monoisotopic (exact) mass is 312 g/mol. The lowest BCUT2D eigenvalue weighted by Gasteiger charge is -2.11. The van der Waals surface area contributed by atoms with Crippen LogP contribution in [-0.2, 0) is 4.79 Å². The lowest BCUT2D eigenvalue weighted by atomic mass is 10.2. The molecular weight excluding hydrogens is 296 g/mol. The Kier molecular flexibility index (Phi) is 5.45. The van der Waals surface area contributed by atoms with Crippen molar-refractivity contribution in [2.75, 3.05) is 18.2 Å². The molecule has 1 amide bonds. The third-order valence-electron chi connectivity index (χ3n) is 2.98. The van der Waals surface area contributed by atoms with Gasteiger partial charge in [-0.3, -0.25) is 4.79 Å². The van der Waals surface area contributed by atoms with Gasteiger partial charge in [0.1, 0.15) is 5.75 Å². The molecule has 2 aromatic rings. The summed E-state index contributed by atoms with van der Waals surface area (Å²) in [7, 11) is 1.58. The highest BCUT2D eigenvalue weighted by atomic mass is 32.2. The molecule has 0 aliphatic carbocycles. The highest BCUT2D eigenvalue weighted by Crippen LogP contribution is 2.26. The van der Waals surface area contributed by atoms with Crippen LogP contribution in [0.1, 0.15) is 11.1 Å². The van der Waals surface area contributed by atoms with Crippen LogP contribution in [0.5, 0.6) is 5.75 Å². The first-order chi connectivity index (χ1) is 10.6. The second-order valence-electron chi connectivity index (χ2n) is 4.68. The molecule has 5 heteroatoms. The fraction of sp³-hybridized carbons (Fsp3) is 0.176. The predicted molar refractivity (Wildman–Crippen MR) is 88.2 cm³/mol. The molecule has 0 unspecified atom stereocenters. The second kappa shape index (κ2) is 7.53. The molecule has 0 spiro atoms. The first-order valence-electron chi connectivity index (χ1n) is 6.70. The maximum atomic E-state index is 12.0. The molecule has 0 saturated carbocycles. The van der Waals surface area contributed by atoms with E-state index in [-0.39, 0.29) is 5.91 Å². The Morgan fingerprint density at radius 3 is 2.64 bits per heavy atom. The van der Waals surface area contributed by atoms with Gasteiger partial charge in [0.25, 0.3) is 0 Å². The molecule has 0 aromatic heterocycles. The molecule has 1 N–H and O–H groups in total. The fourth-order valence-electron chi connectivity index (χ4n) is 1.88. The normalized spacial score (nSPS) is 9.86. The molecule has 22 heavy (non-hydrogen) atoms. The molecular formula is C17H16N2O2S. The maximum Gasteiger partial charge on any atom is 0.234 e. The van der Waals surface area contributed by atoms with Crippen molar-refractivity contribution in [3.05, 3.63) is 53.6 Å². The zero-order chi connectivity index (χ0) is 15.9. The number of hydrogen-bond acceptors (Lipinski definition) is 4. The Morgan fingerprint density at radius 2 is 2.00 bits per heavy atom. The molecule has 0 heterocycles. The van der Waals surface area contributed by atoms with Crippen molar-refractivity contribution in [2.24, 2.45) is 0 Å². The molecule has 0 saturated heterocycles. The van der Waals surface area contributed by atoms with Crippen LogP contribution in [0.4, 0.5) is 5.69 Å². The number of anilines is 1. The summed E-state index contributed by atoms with van der Waals surface area (Å²) >= 11 is 1.42. The molecule has 112 valence electrons. The fourth-order valence-corrected chi connectivity index (χ4v) is 2.58. The van der Waals surface area contributed by atoms with E-state index in [1.54, 1.807) is 19.2 Å². The number of methoxy groups -OCH3 is 1. The molecule has 2 aromatic carbocycles. The van der Waals surface area contributed by atoms with Gasteiger partial charge in [-0.2, -0.15) is 5.26 Å². The van der Waals surface area contributed by atoms with Crippen molar-refractivity contribution in [3.63, 3.8) is 0 Å². The molecule has 0 fully saturated rings. The van der Waals surface area contributed by atoms with Gasteiger partial charge in [-0.25, -0.2) is 0 Å². The Labute approximate surface area is 134 Å². The van der Waals surface area contributed by atoms with E-state index in [4.69, 9.17) is 10.00 Å². The number of thioether (sulfide) groups is 1. The van der Waals surface area contributed by atoms with Gasteiger partial charge < -0.3 is 10.1 Å². The lowest BCUT2D eigenvalue weighted by molar-refractivity contribution is -0.113. The van der Waals surface area contributed by atoms with Crippen LogP contribution in [0, 0.1) is 18.3 Å². The van der Waals surface area contributed by atoms with E-state index in [2.05, 4.69) is 11.4 Å². The van der Waals surface area contributed by atoms with Crippen molar-refractivity contribution in [3.8, 4) is 11.8 Å². The molecule has 0 aliphatic heterocycles. The smallest absolute Gasteiger partial charge is 0.234 e. The number of rotatable bonds is 5. The lowest BCUT2D eigenvalue weighted by Crippen LogP contribution is -2.14. The molecule has 0 aliphatic rings. The van der Waals surface area contributed by atoms with Gasteiger partial charge >= 0.3 is 0 Å². The number of nitriles is 1. The van der Waals surface area contributed by atoms with Crippen molar-refractivity contribution in [1.29, 1.82) is 5.26 Å². The van der Waals surface area contributed by atoms with Crippen molar-refractivity contribution in [2.45, 2.75) is 11.8 Å². The van der Waals surface area contributed by atoms with E-state index in [0.29, 0.717) is 22.8 Å². The van der Waals surface area contributed by atoms with Crippen LogP contribution in [-0.4, -0.2) is 18.8 Å². The number of carbonyl (C=O) groups is 1. The molecule has 4 nitrogen and oxygen atoms in total. The van der Waals surface area contributed by atoms with Crippen molar-refractivity contribution >= 4 is 23.4 Å². The van der Waals surface area contributed by atoms with Gasteiger partial charge in [0.2, 0.25) is 5.91 Å². The van der Waals surface area contributed by atoms with E-state index in [1.807, 2.05) is 37.3 Å². The largest absolute Gasteiger partial charge is 0.495 e. The standard InChI is InChI=1S/C17H16N2O2S/c1-12-3-8-16(21-2)15(9-12)19-17(20)11-22-14-6-4-13(10-18)5-7-14/h3-9H,11H2,1-2H3,(H,19,20). The van der Waals surface area contributed by atoms with Gasteiger partial charge in [0.05, 0.1) is 30.2 Å². The second-order valence-corrected chi connectivity index (χ2v) is 5.73. The minimum Gasteiger partial charge on any atom is -0.495 e. The number of ether oxygens (including phenoxy) is 1. The number of nitrogens with one attached hydrogen (secondary N) is 1. The van der Waals surface area contributed by atoms with Crippen LogP contribution < -0.4 is 10.1 Å². The van der Waals surface area contributed by atoms with Gasteiger partial charge in [0.15, 0.2) is 0 Å². The van der Waals surface area contributed by atoms with Crippen LogP contribution >= 0.6 is 11.8 Å². The Balaban J connectivity index is 1.95. The topological polar surface area (TPSA) is 62.1 Å². The van der Waals surface area contributed by atoms with Gasteiger partial charge in [-0.05, 0) is 48.9 Å². The summed E-state index contributed by atoms with van der Waals surface area (Å²) in [6.07, 6.45) is 0. The van der Waals surface area contributed by atoms with Crippen LogP contribution in [0.3, 0.4) is 0 Å². The van der Waals surface area contributed by atoms with E-state index in [9.17, 15) is 4.79 Å². The van der Waals surface area contributed by atoms with E-state index in [0.717, 1.165) is 10.5 Å². The van der Waals surface area contributed by atoms with Crippen LogP contribution in [0.15, 0.2) is 47.4 Å². The molecule has 0 bridgehead atoms. The van der Waals surface area contributed by atoms with Crippen LogP contribution in [0.25, 0.3) is 0 Å². The summed E-state index contributed by atoms with van der Waals surface area (Å²) in [5, 5.41) is 11.6. The molecule has 2 rings (SSSR count). The number of benzene rings is 2. The summed E-state index contributed by atoms with van der Waals surface area (Å²) in [5.74, 6) is 0.837. The average molecular weight is 312 g/mol. The number of amides is 1. The van der Waals surface area contributed by atoms with Crippen molar-refractivity contribution in [1.82, 2.24) is 0 Å². The summed E-state index contributed by atoms with van der Waals surface area (Å²) in [4.78, 5) is 13.0. The van der Waals surface area contributed by atoms with E-state index >= 15 is 0 Å². The number of hydrogen-bond donors (Lipinski definition) is 1. The Hall–Kier alpha value is -2.45. The summed E-state index contributed by atoms with van der Waals surface area (Å²) in [5.41, 5.74) is 2.34. The summed E-state index contributed by atoms with van der Waals surface area (Å²) in [6, 6.07) is 14.9. The first-order valence-corrected chi connectivity index (χ1v) is 7.68. The SMILES string of the molecule is COc1ccc(C)cc1NC(=O)CSc1ccc(C#N)cc1. The number of nitrogens with zero attached hydrogens (tertiary/aromatic N) is 1. The van der Waals surface area contributed by atoms with Crippen molar-refractivity contribution < 1.29 is 9.53 Å². The van der Waals surface area contributed by atoms with Gasteiger partial charge in [-0.15, -0.1) is 11.8 Å². The third kappa shape index (κ3) is 4.27. The average Bonchev–Trinajstić information content (AvgIpc) is 2.53. The zero-order valence-electron chi connectivity index (χ0n) is 12.4. The van der Waals surface area contributed by atoms with Gasteiger partial charge in [0, 0.05) is 4.90 Å². The third-order valence-corrected chi connectivity index (χ3v) is 3.99. The number of aryl methyl sites for hydroxylation is 1. The highest BCUT2D eigenvalue weighted by Gasteiger charge is 2.08. The summed E-state index contributed by atoms with van der Waals surface area (Å²) in [6.45, 7) is 1.96. The number of carbonyl (C=O) groups excluding carboxylic acids is 1. The maximum absolute atomic E-state index is 12.0. The quantitative estimate of drug-likeness (QED) is 0.857. The van der Waals surface area contributed by atoms with Crippen LogP contribution in [0.2, 0.25) is 0 Å². The highest BCUT2D eigenvalue weighted by molar-refractivity contribution is 8.00. The predicted octanol–water partition coefficient (Wildman–Crippen LogP) is 3.61. The molecule has 0 atom stereocenters. The molecule has 0 radical (unpaired) electrons. The van der Waals surface area contributed by atoms with E-state index < -0.39 is 0 Å². The zero-order valence-corrected chi connectivity index (χ0v) is 13.2.